The van der Waals surface area contributed by atoms with Crippen LogP contribution in [0.1, 0.15) is 50.9 Å². The number of rotatable bonds is 0. The average Bonchev–Trinajstić information content (AvgIpc) is 2.48. The highest BCUT2D eigenvalue weighted by Gasteiger charge is 2.61. The Morgan fingerprint density at radius 3 is 2.73 bits per heavy atom. The molecule has 80 valence electrons. The number of nitrogens with two attached hydrogens (primary N) is 1. The number of aromatic nitrogens is 3. The molecule has 2 aliphatic rings. The van der Waals surface area contributed by atoms with Gasteiger partial charge in [0.2, 0.25) is 5.95 Å². The van der Waals surface area contributed by atoms with Crippen molar-refractivity contribution >= 4 is 5.95 Å². The lowest BCUT2D eigenvalue weighted by atomic mass is 9.70. The van der Waals surface area contributed by atoms with Crippen molar-refractivity contribution < 1.29 is 0 Å². The van der Waals surface area contributed by atoms with Crippen LogP contribution < -0.4 is 5.73 Å². The van der Waals surface area contributed by atoms with Crippen molar-refractivity contribution in [1.82, 2.24) is 15.2 Å². The average molecular weight is 204 g/mol. The number of anilines is 1. The molecule has 0 unspecified atom stereocenters. The maximum absolute atomic E-state index is 5.63. The van der Waals surface area contributed by atoms with Crippen LogP contribution in [0, 0.1) is 5.41 Å². The number of hydrogen-bond donors (Lipinski definition) is 1. The summed E-state index contributed by atoms with van der Waals surface area (Å²) in [5.41, 5.74) is 8.18. The van der Waals surface area contributed by atoms with Gasteiger partial charge in [0.05, 0.1) is 11.4 Å². The molecule has 0 aliphatic heterocycles. The lowest BCUT2D eigenvalue weighted by Gasteiger charge is -2.33. The van der Waals surface area contributed by atoms with Crippen LogP contribution in [-0.4, -0.2) is 15.2 Å². The summed E-state index contributed by atoms with van der Waals surface area (Å²) in [5, 5.41) is 8.13. The molecule has 1 heterocycles. The van der Waals surface area contributed by atoms with E-state index in [-0.39, 0.29) is 10.8 Å². The largest absolute Gasteiger partial charge is 0.366 e. The Kier molecular flexibility index (Phi) is 1.40. The van der Waals surface area contributed by atoms with Gasteiger partial charge in [-0.1, -0.05) is 20.8 Å². The van der Waals surface area contributed by atoms with Crippen LogP contribution in [0.15, 0.2) is 0 Å². The highest BCUT2D eigenvalue weighted by Crippen LogP contribution is 2.66. The minimum absolute atomic E-state index is 0.136. The first-order valence-corrected chi connectivity index (χ1v) is 5.47. The summed E-state index contributed by atoms with van der Waals surface area (Å²) < 4.78 is 0. The molecule has 4 nitrogen and oxygen atoms in total. The molecule has 0 amide bonds. The summed E-state index contributed by atoms with van der Waals surface area (Å²) in [6.45, 7) is 6.90. The van der Waals surface area contributed by atoms with E-state index >= 15 is 0 Å². The number of nitrogens with zero attached hydrogens (tertiary/aromatic N) is 3. The zero-order valence-corrected chi connectivity index (χ0v) is 9.41. The Morgan fingerprint density at radius 2 is 2.00 bits per heavy atom. The van der Waals surface area contributed by atoms with Crippen molar-refractivity contribution in [2.24, 2.45) is 5.41 Å². The van der Waals surface area contributed by atoms with Gasteiger partial charge in [0.1, 0.15) is 0 Å². The van der Waals surface area contributed by atoms with E-state index in [0.29, 0.717) is 11.9 Å². The lowest BCUT2D eigenvalue weighted by molar-refractivity contribution is 0.227. The Labute approximate surface area is 89.3 Å². The molecule has 0 spiro atoms. The molecule has 2 bridgehead atoms. The van der Waals surface area contributed by atoms with Crippen molar-refractivity contribution in [3.05, 3.63) is 11.4 Å². The molecule has 4 heteroatoms. The third kappa shape index (κ3) is 0.817. The number of nitrogen functional groups attached to an aromatic ring is 1. The van der Waals surface area contributed by atoms with E-state index < -0.39 is 0 Å². The van der Waals surface area contributed by atoms with Crippen LogP contribution in [0.5, 0.6) is 0 Å². The molecular weight excluding hydrogens is 188 g/mol. The molecule has 2 atom stereocenters. The molecule has 1 fully saturated rings. The molecule has 1 aromatic rings. The van der Waals surface area contributed by atoms with Gasteiger partial charge >= 0.3 is 0 Å². The second-order valence-corrected chi connectivity index (χ2v) is 5.55. The SMILES string of the molecule is CC1(C)[C@@H]2CC[C@@]1(C)c1nc(N)nnc12. The van der Waals surface area contributed by atoms with Crippen molar-refractivity contribution in [2.75, 3.05) is 5.73 Å². The maximum atomic E-state index is 5.63. The topological polar surface area (TPSA) is 64.7 Å². The normalized spacial score (nSPS) is 35.5. The van der Waals surface area contributed by atoms with Crippen LogP contribution in [0.25, 0.3) is 0 Å². The molecular formula is C11H16N4. The van der Waals surface area contributed by atoms with Gasteiger partial charge in [0.25, 0.3) is 0 Å². The van der Waals surface area contributed by atoms with Crippen molar-refractivity contribution in [3.8, 4) is 0 Å². The van der Waals surface area contributed by atoms with Gasteiger partial charge in [0, 0.05) is 11.3 Å². The zero-order chi connectivity index (χ0) is 10.8. The summed E-state index contributed by atoms with van der Waals surface area (Å²) >= 11 is 0. The third-order valence-electron chi connectivity index (χ3n) is 4.81. The van der Waals surface area contributed by atoms with E-state index in [4.69, 9.17) is 5.73 Å². The molecule has 0 saturated heterocycles. The van der Waals surface area contributed by atoms with E-state index in [2.05, 4.69) is 36.0 Å². The summed E-state index contributed by atoms with van der Waals surface area (Å²) in [6.07, 6.45) is 2.40. The second-order valence-electron chi connectivity index (χ2n) is 5.55. The molecule has 1 saturated carbocycles. The Hall–Kier alpha value is -1.19. The van der Waals surface area contributed by atoms with Gasteiger partial charge in [-0.3, -0.25) is 0 Å². The monoisotopic (exact) mass is 204 g/mol. The summed E-state index contributed by atoms with van der Waals surface area (Å²) in [6, 6.07) is 0. The minimum atomic E-state index is 0.136. The minimum Gasteiger partial charge on any atom is -0.366 e. The van der Waals surface area contributed by atoms with Crippen molar-refractivity contribution in [1.29, 1.82) is 0 Å². The van der Waals surface area contributed by atoms with Crippen molar-refractivity contribution in [2.45, 2.75) is 44.9 Å². The van der Waals surface area contributed by atoms with E-state index in [0.717, 1.165) is 11.4 Å². The predicted octanol–water partition coefficient (Wildman–Crippen LogP) is 1.63. The molecule has 15 heavy (non-hydrogen) atoms. The lowest BCUT2D eigenvalue weighted by Crippen LogP contribution is -2.32. The van der Waals surface area contributed by atoms with Crippen LogP contribution >= 0.6 is 0 Å². The summed E-state index contributed by atoms with van der Waals surface area (Å²) in [5.74, 6) is 0.816. The number of hydrogen-bond acceptors (Lipinski definition) is 4. The van der Waals surface area contributed by atoms with E-state index in [9.17, 15) is 0 Å². The molecule has 3 rings (SSSR count). The van der Waals surface area contributed by atoms with Gasteiger partial charge in [0.15, 0.2) is 0 Å². The first-order chi connectivity index (χ1) is 6.97. The molecule has 0 radical (unpaired) electrons. The van der Waals surface area contributed by atoms with Gasteiger partial charge in [-0.2, -0.15) is 0 Å². The van der Waals surface area contributed by atoms with Gasteiger partial charge in [-0.15, -0.1) is 10.2 Å². The van der Waals surface area contributed by atoms with Gasteiger partial charge in [-0.05, 0) is 18.3 Å². The van der Waals surface area contributed by atoms with E-state index in [1.165, 1.54) is 12.8 Å². The Bertz CT molecular complexity index is 440. The fourth-order valence-electron chi connectivity index (χ4n) is 3.39. The molecule has 2 N–H and O–H groups in total. The van der Waals surface area contributed by atoms with Crippen LogP contribution in [-0.2, 0) is 5.41 Å². The van der Waals surface area contributed by atoms with Crippen molar-refractivity contribution in [3.63, 3.8) is 0 Å². The molecule has 1 aromatic heterocycles. The molecule has 2 aliphatic carbocycles. The van der Waals surface area contributed by atoms with Gasteiger partial charge < -0.3 is 5.73 Å². The van der Waals surface area contributed by atoms with E-state index in [1.54, 1.807) is 0 Å². The summed E-state index contributed by atoms with van der Waals surface area (Å²) in [7, 11) is 0. The van der Waals surface area contributed by atoms with E-state index in [1.807, 2.05) is 0 Å². The third-order valence-corrected chi connectivity index (χ3v) is 4.81. The number of fused-ring (bicyclic) bond motifs is 5. The first kappa shape index (κ1) is 9.07. The highest BCUT2D eigenvalue weighted by atomic mass is 15.2. The highest BCUT2D eigenvalue weighted by molar-refractivity contribution is 5.42. The predicted molar refractivity (Wildman–Crippen MR) is 57.3 cm³/mol. The van der Waals surface area contributed by atoms with Crippen LogP contribution in [0.3, 0.4) is 0 Å². The first-order valence-electron chi connectivity index (χ1n) is 5.47. The van der Waals surface area contributed by atoms with Crippen LogP contribution in [0.4, 0.5) is 5.95 Å². The smallest absolute Gasteiger partial charge is 0.240 e. The standard InChI is InChI=1S/C11H16N4/c1-10(2)6-4-5-11(10,3)8-7(6)14-15-9(12)13-8/h6H,4-5H2,1-3H3,(H2,12,13,15)/t6-,11+/m1/s1. The second kappa shape index (κ2) is 2.31. The fraction of sp³-hybridized carbons (Fsp3) is 0.727. The zero-order valence-electron chi connectivity index (χ0n) is 9.41. The Morgan fingerprint density at radius 1 is 1.27 bits per heavy atom. The fourth-order valence-corrected chi connectivity index (χ4v) is 3.39. The van der Waals surface area contributed by atoms with Crippen LogP contribution in [0.2, 0.25) is 0 Å². The van der Waals surface area contributed by atoms with Gasteiger partial charge in [-0.25, -0.2) is 4.98 Å². The summed E-state index contributed by atoms with van der Waals surface area (Å²) in [4.78, 5) is 4.41. The Balaban J connectivity index is 2.29. The molecule has 0 aromatic carbocycles. The maximum Gasteiger partial charge on any atom is 0.240 e. The quantitative estimate of drug-likeness (QED) is 0.697.